The van der Waals surface area contributed by atoms with Crippen molar-refractivity contribution >= 4 is 33.0 Å². The van der Waals surface area contributed by atoms with Gasteiger partial charge in [-0.1, -0.05) is 22.0 Å². The third kappa shape index (κ3) is 2.50. The number of rotatable bonds is 2. The molecule has 0 radical (unpaired) electrons. The maximum absolute atomic E-state index is 11.3. The molecule has 2 aromatic rings. The lowest BCUT2D eigenvalue weighted by atomic mass is 10.0. The van der Waals surface area contributed by atoms with E-state index in [-0.39, 0.29) is 5.78 Å². The highest BCUT2D eigenvalue weighted by Crippen LogP contribution is 2.36. The first kappa shape index (κ1) is 12.5. The first-order chi connectivity index (χ1) is 7.99. The van der Waals surface area contributed by atoms with E-state index in [0.717, 1.165) is 14.2 Å². The molecule has 0 saturated carbocycles. The largest absolute Gasteiger partial charge is 0.294 e. The van der Waals surface area contributed by atoms with Gasteiger partial charge in [-0.2, -0.15) is 0 Å². The summed E-state index contributed by atoms with van der Waals surface area (Å²) in [5.41, 5.74) is 3.66. The van der Waals surface area contributed by atoms with Gasteiger partial charge in [-0.3, -0.25) is 4.79 Å². The average molecular weight is 309 g/mol. The Morgan fingerprint density at radius 1 is 1.24 bits per heavy atom. The van der Waals surface area contributed by atoms with Crippen molar-refractivity contribution in [3.05, 3.63) is 44.7 Å². The lowest BCUT2D eigenvalue weighted by Crippen LogP contribution is -1.85. The van der Waals surface area contributed by atoms with Crippen LogP contribution in [0.2, 0.25) is 0 Å². The van der Waals surface area contributed by atoms with Crippen molar-refractivity contribution in [2.45, 2.75) is 20.8 Å². The van der Waals surface area contributed by atoms with Gasteiger partial charge in [-0.25, -0.2) is 0 Å². The number of ketones is 1. The number of hydrogen-bond acceptors (Lipinski definition) is 2. The van der Waals surface area contributed by atoms with Gasteiger partial charge in [0.25, 0.3) is 0 Å². The van der Waals surface area contributed by atoms with Crippen LogP contribution in [0.15, 0.2) is 28.7 Å². The molecule has 1 nitrogen and oxygen atoms in total. The summed E-state index contributed by atoms with van der Waals surface area (Å²) >= 11 is 5.15. The maximum atomic E-state index is 11.3. The van der Waals surface area contributed by atoms with Crippen LogP contribution >= 0.6 is 27.3 Å². The topological polar surface area (TPSA) is 17.1 Å². The summed E-state index contributed by atoms with van der Waals surface area (Å²) in [7, 11) is 0. The first-order valence-electron chi connectivity index (χ1n) is 5.37. The zero-order chi connectivity index (χ0) is 12.6. The van der Waals surface area contributed by atoms with Crippen LogP contribution < -0.4 is 0 Å². The zero-order valence-corrected chi connectivity index (χ0v) is 12.4. The number of hydrogen-bond donors (Lipinski definition) is 0. The Hall–Kier alpha value is -0.930. The minimum atomic E-state index is 0.127. The molecule has 0 fully saturated rings. The number of Topliss-reactive ketones (excluding diaryl/α,β-unsaturated/α-hetero) is 1. The van der Waals surface area contributed by atoms with Gasteiger partial charge in [-0.15, -0.1) is 11.3 Å². The SMILES string of the molecule is CC(=O)c1ccc(-c2c(C)cc(C)cc2Br)s1. The Kier molecular flexibility index (Phi) is 3.50. The Morgan fingerprint density at radius 2 is 1.94 bits per heavy atom. The number of carbonyl (C=O) groups is 1. The molecule has 0 aliphatic heterocycles. The smallest absolute Gasteiger partial charge is 0.169 e. The van der Waals surface area contributed by atoms with E-state index in [1.165, 1.54) is 16.7 Å². The van der Waals surface area contributed by atoms with Crippen molar-refractivity contribution in [2.24, 2.45) is 0 Å². The van der Waals surface area contributed by atoms with Crippen LogP contribution in [-0.4, -0.2) is 5.78 Å². The third-order valence-electron chi connectivity index (χ3n) is 2.63. The normalized spacial score (nSPS) is 10.6. The number of aryl methyl sites for hydroxylation is 2. The third-order valence-corrected chi connectivity index (χ3v) is 4.46. The van der Waals surface area contributed by atoms with E-state index in [4.69, 9.17) is 0 Å². The number of carbonyl (C=O) groups excluding carboxylic acids is 1. The van der Waals surface area contributed by atoms with Crippen LogP contribution in [-0.2, 0) is 0 Å². The molecule has 17 heavy (non-hydrogen) atoms. The Bertz CT molecular complexity index is 561. The fourth-order valence-corrected chi connectivity index (χ4v) is 3.93. The molecular weight excluding hydrogens is 296 g/mol. The lowest BCUT2D eigenvalue weighted by Gasteiger charge is -2.07. The second-order valence-electron chi connectivity index (χ2n) is 4.16. The van der Waals surface area contributed by atoms with E-state index in [0.29, 0.717) is 0 Å². The summed E-state index contributed by atoms with van der Waals surface area (Å²) in [6.07, 6.45) is 0. The van der Waals surface area contributed by atoms with Crippen LogP contribution in [0.4, 0.5) is 0 Å². The van der Waals surface area contributed by atoms with Gasteiger partial charge in [-0.05, 0) is 50.1 Å². The Morgan fingerprint density at radius 3 is 2.47 bits per heavy atom. The van der Waals surface area contributed by atoms with E-state index in [9.17, 15) is 4.79 Å². The van der Waals surface area contributed by atoms with Crippen molar-refractivity contribution < 1.29 is 4.79 Å². The molecule has 0 aliphatic carbocycles. The van der Waals surface area contributed by atoms with Gasteiger partial charge in [0.1, 0.15) is 0 Å². The minimum absolute atomic E-state index is 0.127. The molecule has 0 atom stereocenters. The molecular formula is C14H13BrOS. The van der Waals surface area contributed by atoms with Crippen LogP contribution in [0, 0.1) is 13.8 Å². The predicted octanol–water partition coefficient (Wildman–Crippen LogP) is 5.00. The zero-order valence-electron chi connectivity index (χ0n) is 10.0. The molecule has 1 aromatic carbocycles. The molecule has 0 amide bonds. The van der Waals surface area contributed by atoms with Crippen LogP contribution in [0.5, 0.6) is 0 Å². The fourth-order valence-electron chi connectivity index (χ4n) is 1.89. The summed E-state index contributed by atoms with van der Waals surface area (Å²) in [4.78, 5) is 13.3. The second kappa shape index (κ2) is 4.75. The molecule has 0 N–H and O–H groups in total. The average Bonchev–Trinajstić information content (AvgIpc) is 2.65. The molecule has 2 rings (SSSR count). The van der Waals surface area contributed by atoms with Gasteiger partial charge in [0.05, 0.1) is 4.88 Å². The molecule has 3 heteroatoms. The van der Waals surface area contributed by atoms with Gasteiger partial charge >= 0.3 is 0 Å². The molecule has 0 bridgehead atoms. The molecule has 0 saturated heterocycles. The first-order valence-corrected chi connectivity index (χ1v) is 6.98. The Balaban J connectivity index is 2.56. The predicted molar refractivity (Wildman–Crippen MR) is 76.9 cm³/mol. The number of thiophene rings is 1. The minimum Gasteiger partial charge on any atom is -0.294 e. The van der Waals surface area contributed by atoms with E-state index in [1.54, 1.807) is 18.3 Å². The summed E-state index contributed by atoms with van der Waals surface area (Å²) in [6.45, 7) is 5.78. The lowest BCUT2D eigenvalue weighted by molar-refractivity contribution is 0.102. The van der Waals surface area contributed by atoms with Crippen molar-refractivity contribution in [3.8, 4) is 10.4 Å². The summed E-state index contributed by atoms with van der Waals surface area (Å²) in [5, 5.41) is 0. The number of halogens is 1. The van der Waals surface area contributed by atoms with E-state index in [2.05, 4.69) is 41.9 Å². The van der Waals surface area contributed by atoms with Crippen LogP contribution in [0.3, 0.4) is 0 Å². The fraction of sp³-hybridized carbons (Fsp3) is 0.214. The van der Waals surface area contributed by atoms with Gasteiger partial charge < -0.3 is 0 Å². The van der Waals surface area contributed by atoms with Crippen molar-refractivity contribution in [1.29, 1.82) is 0 Å². The standard InChI is InChI=1S/C14H13BrOS/c1-8-6-9(2)14(11(15)7-8)13-5-4-12(17-13)10(3)16/h4-7H,1-3H3. The highest BCUT2D eigenvalue weighted by molar-refractivity contribution is 9.10. The van der Waals surface area contributed by atoms with Gasteiger partial charge in [0.2, 0.25) is 0 Å². The Labute approximate surface area is 114 Å². The molecule has 0 aliphatic rings. The van der Waals surface area contributed by atoms with Crippen molar-refractivity contribution in [3.63, 3.8) is 0 Å². The summed E-state index contributed by atoms with van der Waals surface area (Å²) < 4.78 is 1.09. The maximum Gasteiger partial charge on any atom is 0.169 e. The van der Waals surface area contributed by atoms with Crippen LogP contribution in [0.25, 0.3) is 10.4 Å². The van der Waals surface area contributed by atoms with E-state index in [1.807, 2.05) is 12.1 Å². The van der Waals surface area contributed by atoms with Gasteiger partial charge in [0.15, 0.2) is 5.78 Å². The summed E-state index contributed by atoms with van der Waals surface area (Å²) in [5.74, 6) is 0.127. The monoisotopic (exact) mass is 308 g/mol. The molecule has 1 aromatic heterocycles. The highest BCUT2D eigenvalue weighted by Gasteiger charge is 2.11. The number of benzene rings is 1. The summed E-state index contributed by atoms with van der Waals surface area (Å²) in [6, 6.07) is 8.18. The van der Waals surface area contributed by atoms with E-state index < -0.39 is 0 Å². The highest BCUT2D eigenvalue weighted by atomic mass is 79.9. The van der Waals surface area contributed by atoms with Crippen molar-refractivity contribution in [1.82, 2.24) is 0 Å². The van der Waals surface area contributed by atoms with Crippen molar-refractivity contribution in [2.75, 3.05) is 0 Å². The molecule has 0 unspecified atom stereocenters. The van der Waals surface area contributed by atoms with E-state index >= 15 is 0 Å². The second-order valence-corrected chi connectivity index (χ2v) is 6.10. The molecule has 1 heterocycles. The molecule has 0 spiro atoms. The quantitative estimate of drug-likeness (QED) is 0.714. The van der Waals surface area contributed by atoms with Crippen LogP contribution in [0.1, 0.15) is 27.7 Å². The molecule has 88 valence electrons. The van der Waals surface area contributed by atoms with Gasteiger partial charge in [0, 0.05) is 14.9 Å².